The van der Waals surface area contributed by atoms with Crippen molar-refractivity contribution in [3.8, 4) is 11.5 Å². The molecular formula is C23H16Br2O4. The van der Waals surface area contributed by atoms with Gasteiger partial charge in [0.15, 0.2) is 0 Å². The predicted molar refractivity (Wildman–Crippen MR) is 117 cm³/mol. The van der Waals surface area contributed by atoms with E-state index in [0.717, 1.165) is 37.3 Å². The van der Waals surface area contributed by atoms with Gasteiger partial charge in [-0.1, -0.05) is 12.1 Å². The van der Waals surface area contributed by atoms with Gasteiger partial charge in [-0.15, -0.1) is 0 Å². The van der Waals surface area contributed by atoms with E-state index in [-0.39, 0.29) is 23.8 Å². The third-order valence-electron chi connectivity index (χ3n) is 5.71. The molecule has 0 saturated carbocycles. The number of hydrogen-bond donors (Lipinski definition) is 0. The van der Waals surface area contributed by atoms with Crippen LogP contribution in [-0.2, 0) is 9.59 Å². The summed E-state index contributed by atoms with van der Waals surface area (Å²) in [6.45, 7) is 2.80. The van der Waals surface area contributed by atoms with E-state index in [9.17, 15) is 9.59 Å². The SMILES string of the molecule is CC(=O)Oc1ccc(OC(C)=O)c2c1[C@@H]1C[C@H]2c2cc3cc(Br)c(Br)cc3cc21. The lowest BCUT2D eigenvalue weighted by Gasteiger charge is -2.24. The minimum Gasteiger partial charge on any atom is -0.426 e. The van der Waals surface area contributed by atoms with Crippen LogP contribution in [0.1, 0.15) is 54.4 Å². The highest BCUT2D eigenvalue weighted by Crippen LogP contribution is 2.61. The summed E-state index contributed by atoms with van der Waals surface area (Å²) in [6.07, 6.45) is 0.885. The fourth-order valence-electron chi connectivity index (χ4n) is 4.77. The number of carbonyl (C=O) groups excluding carboxylic acids is 2. The van der Waals surface area contributed by atoms with Crippen LogP contribution in [0.5, 0.6) is 11.5 Å². The number of halogens is 2. The lowest BCUT2D eigenvalue weighted by atomic mass is 9.83. The molecule has 146 valence electrons. The monoisotopic (exact) mass is 514 g/mol. The van der Waals surface area contributed by atoms with Crippen LogP contribution < -0.4 is 9.47 Å². The molecule has 2 aliphatic carbocycles. The zero-order valence-corrected chi connectivity index (χ0v) is 18.9. The summed E-state index contributed by atoms with van der Waals surface area (Å²) in [5.74, 6) is 0.617. The molecule has 4 nitrogen and oxygen atoms in total. The number of carbonyl (C=O) groups is 2. The Balaban J connectivity index is 1.73. The molecule has 0 amide bonds. The summed E-state index contributed by atoms with van der Waals surface area (Å²) in [5.41, 5.74) is 4.43. The number of rotatable bonds is 2. The van der Waals surface area contributed by atoms with Gasteiger partial charge in [0.25, 0.3) is 0 Å². The van der Waals surface area contributed by atoms with Crippen molar-refractivity contribution in [3.63, 3.8) is 0 Å². The van der Waals surface area contributed by atoms with E-state index in [1.165, 1.54) is 25.0 Å². The molecule has 29 heavy (non-hydrogen) atoms. The van der Waals surface area contributed by atoms with Crippen LogP contribution in [0.2, 0.25) is 0 Å². The fourth-order valence-corrected chi connectivity index (χ4v) is 5.49. The van der Waals surface area contributed by atoms with Crippen molar-refractivity contribution in [2.75, 3.05) is 0 Å². The Bertz CT molecular complexity index is 1140. The summed E-state index contributed by atoms with van der Waals surface area (Å²) < 4.78 is 13.0. The summed E-state index contributed by atoms with van der Waals surface area (Å²) in [4.78, 5) is 23.3. The molecule has 2 bridgehead atoms. The maximum absolute atomic E-state index is 11.7. The van der Waals surface area contributed by atoms with Crippen LogP contribution in [0.25, 0.3) is 10.8 Å². The summed E-state index contributed by atoms with van der Waals surface area (Å²) in [5, 5.41) is 2.30. The van der Waals surface area contributed by atoms with Crippen LogP contribution in [0.4, 0.5) is 0 Å². The quantitative estimate of drug-likeness (QED) is 0.301. The Morgan fingerprint density at radius 3 is 1.59 bits per heavy atom. The van der Waals surface area contributed by atoms with Crippen molar-refractivity contribution < 1.29 is 19.1 Å². The molecule has 0 spiro atoms. The van der Waals surface area contributed by atoms with Gasteiger partial charge in [0, 0.05) is 45.8 Å². The van der Waals surface area contributed by atoms with Gasteiger partial charge in [-0.3, -0.25) is 9.59 Å². The molecule has 0 N–H and O–H groups in total. The second-order valence-corrected chi connectivity index (χ2v) is 9.22. The zero-order chi connectivity index (χ0) is 20.4. The van der Waals surface area contributed by atoms with E-state index < -0.39 is 0 Å². The maximum atomic E-state index is 11.7. The molecule has 0 heterocycles. The van der Waals surface area contributed by atoms with Crippen LogP contribution in [0.3, 0.4) is 0 Å². The van der Waals surface area contributed by atoms with Gasteiger partial charge in [-0.05, 0) is 84.4 Å². The van der Waals surface area contributed by atoms with Crippen LogP contribution >= 0.6 is 31.9 Å². The summed E-state index contributed by atoms with van der Waals surface area (Å²) in [7, 11) is 0. The highest BCUT2D eigenvalue weighted by molar-refractivity contribution is 9.13. The van der Waals surface area contributed by atoms with Crippen molar-refractivity contribution in [1.29, 1.82) is 0 Å². The van der Waals surface area contributed by atoms with E-state index >= 15 is 0 Å². The number of fused-ring (bicyclic) bond motifs is 9. The Labute approximate surface area is 184 Å². The minimum absolute atomic E-state index is 0.113. The molecule has 0 radical (unpaired) electrons. The first kappa shape index (κ1) is 18.8. The van der Waals surface area contributed by atoms with Crippen LogP contribution in [0.15, 0.2) is 45.3 Å². The highest BCUT2D eigenvalue weighted by atomic mass is 79.9. The molecule has 0 fully saturated rings. The second kappa shape index (κ2) is 6.67. The summed E-state index contributed by atoms with van der Waals surface area (Å²) in [6, 6.07) is 12.1. The van der Waals surface area contributed by atoms with E-state index in [1.807, 2.05) is 0 Å². The average Bonchev–Trinajstić information content (AvgIpc) is 3.19. The van der Waals surface area contributed by atoms with Gasteiger partial charge in [0.05, 0.1) is 0 Å². The van der Waals surface area contributed by atoms with Gasteiger partial charge in [0.1, 0.15) is 11.5 Å². The van der Waals surface area contributed by atoms with Crippen molar-refractivity contribution in [3.05, 3.63) is 67.6 Å². The molecule has 0 aliphatic heterocycles. The third kappa shape index (κ3) is 2.92. The molecule has 0 unspecified atom stereocenters. The molecule has 5 rings (SSSR count). The van der Waals surface area contributed by atoms with Crippen molar-refractivity contribution >= 4 is 54.6 Å². The van der Waals surface area contributed by atoms with E-state index in [2.05, 4.69) is 56.1 Å². The lowest BCUT2D eigenvalue weighted by molar-refractivity contribution is -0.133. The van der Waals surface area contributed by atoms with Gasteiger partial charge in [-0.2, -0.15) is 0 Å². The Kier molecular flexibility index (Phi) is 4.33. The van der Waals surface area contributed by atoms with Gasteiger partial charge < -0.3 is 9.47 Å². The minimum atomic E-state index is -0.359. The Hall–Kier alpha value is -2.18. The first-order valence-electron chi connectivity index (χ1n) is 9.29. The van der Waals surface area contributed by atoms with Crippen LogP contribution in [-0.4, -0.2) is 11.9 Å². The number of benzene rings is 3. The topological polar surface area (TPSA) is 52.6 Å². The number of esters is 2. The molecule has 2 aliphatic rings. The summed E-state index contributed by atoms with van der Waals surface area (Å²) >= 11 is 7.16. The second-order valence-electron chi connectivity index (χ2n) is 7.51. The first-order chi connectivity index (χ1) is 13.8. The largest absolute Gasteiger partial charge is 0.426 e. The van der Waals surface area contributed by atoms with Gasteiger partial charge in [-0.25, -0.2) is 0 Å². The van der Waals surface area contributed by atoms with Gasteiger partial charge in [0.2, 0.25) is 0 Å². The molecule has 6 heteroatoms. The van der Waals surface area contributed by atoms with E-state index in [1.54, 1.807) is 12.1 Å². The molecular weight excluding hydrogens is 500 g/mol. The van der Waals surface area contributed by atoms with Crippen molar-refractivity contribution in [1.82, 2.24) is 0 Å². The first-order valence-corrected chi connectivity index (χ1v) is 10.9. The average molecular weight is 516 g/mol. The van der Waals surface area contributed by atoms with Crippen molar-refractivity contribution in [2.45, 2.75) is 32.1 Å². The van der Waals surface area contributed by atoms with E-state index in [4.69, 9.17) is 9.47 Å². The van der Waals surface area contributed by atoms with Gasteiger partial charge >= 0.3 is 11.9 Å². The Morgan fingerprint density at radius 2 is 1.21 bits per heavy atom. The molecule has 0 aromatic heterocycles. The normalized spacial score (nSPS) is 18.5. The predicted octanol–water partition coefficient (Wildman–Crippen LogP) is 6.20. The van der Waals surface area contributed by atoms with E-state index in [0.29, 0.717) is 11.5 Å². The standard InChI is InChI=1S/C23H16Br2O4/c1-10(26)28-20-3-4-21(29-11(2)27)23-17-9-16(22(20)23)14-5-12-7-18(24)19(25)8-13(12)6-15(14)17/h3-8,16-17H,9H2,1-2H3/t16-,17+. The molecule has 3 aromatic carbocycles. The fraction of sp³-hybridized carbons (Fsp3) is 0.217. The van der Waals surface area contributed by atoms with Crippen LogP contribution in [0, 0.1) is 0 Å². The number of hydrogen-bond acceptors (Lipinski definition) is 4. The molecule has 2 atom stereocenters. The maximum Gasteiger partial charge on any atom is 0.308 e. The third-order valence-corrected chi connectivity index (χ3v) is 7.56. The zero-order valence-electron chi connectivity index (χ0n) is 15.7. The highest BCUT2D eigenvalue weighted by Gasteiger charge is 2.45. The molecule has 0 saturated heterocycles. The van der Waals surface area contributed by atoms with Crippen molar-refractivity contribution in [2.24, 2.45) is 0 Å². The Morgan fingerprint density at radius 1 is 0.793 bits per heavy atom. The smallest absolute Gasteiger partial charge is 0.308 e. The molecule has 3 aromatic rings. The lowest BCUT2D eigenvalue weighted by Crippen LogP contribution is -2.12. The number of ether oxygens (including phenoxy) is 2.